The van der Waals surface area contributed by atoms with Crippen molar-refractivity contribution in [2.24, 2.45) is 0 Å². The summed E-state index contributed by atoms with van der Waals surface area (Å²) in [5, 5.41) is -0.552. The number of unbranched alkanes of at least 4 members (excludes halogenated alkanes) is 4. The van der Waals surface area contributed by atoms with Crippen LogP contribution in [0.1, 0.15) is 58.8 Å². The topological polar surface area (TPSA) is 54.4 Å². The van der Waals surface area contributed by atoms with Crippen LogP contribution in [-0.2, 0) is 10.1 Å². The van der Waals surface area contributed by atoms with Crippen molar-refractivity contribution in [3.8, 4) is 0 Å². The zero-order chi connectivity index (χ0) is 11.0. The molecule has 94 valence electrons. The average molecular weight is 259 g/mol. The second-order valence-corrected chi connectivity index (χ2v) is 5.44. The largest absolute Gasteiger partial charge is 0.285 e. The first-order chi connectivity index (χ1) is 6.52. The van der Waals surface area contributed by atoms with Gasteiger partial charge in [-0.1, -0.05) is 46.0 Å². The highest BCUT2D eigenvalue weighted by atomic mass is 35.5. The number of rotatable bonds is 8. The fourth-order valence-electron chi connectivity index (χ4n) is 1.54. The van der Waals surface area contributed by atoms with Gasteiger partial charge in [-0.3, -0.25) is 4.55 Å². The Labute approximate surface area is 99.8 Å². The Kier molecular flexibility index (Phi) is 11.1. The number of hydrogen-bond donors (Lipinski definition) is 1. The smallest absolute Gasteiger partial charge is 0.267 e. The molecule has 5 heteroatoms. The standard InChI is InChI=1S/C10H22O3S.ClH/c1-3-5-6-7-8-9-10(4-2)14(11,12)13;/h10H,3-9H2,1-2H3,(H,11,12,13);1H. The van der Waals surface area contributed by atoms with Gasteiger partial charge in [-0.25, -0.2) is 0 Å². The average Bonchev–Trinajstić information content (AvgIpc) is 2.09. The van der Waals surface area contributed by atoms with E-state index < -0.39 is 15.4 Å². The lowest BCUT2D eigenvalue weighted by Crippen LogP contribution is -2.19. The van der Waals surface area contributed by atoms with Crippen LogP contribution in [0, 0.1) is 0 Å². The molecule has 0 saturated heterocycles. The Balaban J connectivity index is 0. The van der Waals surface area contributed by atoms with Crippen LogP contribution in [0.15, 0.2) is 0 Å². The first-order valence-corrected chi connectivity index (χ1v) is 6.99. The van der Waals surface area contributed by atoms with Crippen LogP contribution in [0.4, 0.5) is 0 Å². The van der Waals surface area contributed by atoms with Crippen LogP contribution >= 0.6 is 12.4 Å². The molecule has 15 heavy (non-hydrogen) atoms. The van der Waals surface area contributed by atoms with E-state index in [9.17, 15) is 8.42 Å². The molecule has 0 aliphatic rings. The van der Waals surface area contributed by atoms with E-state index >= 15 is 0 Å². The highest BCUT2D eigenvalue weighted by Gasteiger charge is 2.19. The predicted molar refractivity (Wildman–Crippen MR) is 66.3 cm³/mol. The lowest BCUT2D eigenvalue weighted by atomic mass is 10.1. The first kappa shape index (κ1) is 17.6. The summed E-state index contributed by atoms with van der Waals surface area (Å²) in [6.07, 6.45) is 6.64. The zero-order valence-corrected chi connectivity index (χ0v) is 11.2. The van der Waals surface area contributed by atoms with Crippen LogP contribution in [0.25, 0.3) is 0 Å². The fourth-order valence-corrected chi connectivity index (χ4v) is 2.42. The molecule has 0 saturated carbocycles. The lowest BCUT2D eigenvalue weighted by molar-refractivity contribution is 0.453. The summed E-state index contributed by atoms with van der Waals surface area (Å²) in [6, 6.07) is 0. The molecule has 3 nitrogen and oxygen atoms in total. The molecule has 1 atom stereocenters. The van der Waals surface area contributed by atoms with Crippen LogP contribution < -0.4 is 0 Å². The Morgan fingerprint density at radius 2 is 1.60 bits per heavy atom. The molecular weight excluding hydrogens is 236 g/mol. The van der Waals surface area contributed by atoms with Gasteiger partial charge in [0.15, 0.2) is 0 Å². The quantitative estimate of drug-likeness (QED) is 0.536. The van der Waals surface area contributed by atoms with Gasteiger partial charge in [0, 0.05) is 0 Å². The maximum absolute atomic E-state index is 10.8. The Hall–Kier alpha value is 0.200. The van der Waals surface area contributed by atoms with Gasteiger partial charge in [-0.2, -0.15) is 8.42 Å². The molecule has 0 aromatic heterocycles. The summed E-state index contributed by atoms with van der Waals surface area (Å²) in [5.74, 6) is 0. The third kappa shape index (κ3) is 9.15. The van der Waals surface area contributed by atoms with E-state index in [-0.39, 0.29) is 12.4 Å². The van der Waals surface area contributed by atoms with Crippen molar-refractivity contribution in [2.75, 3.05) is 0 Å². The van der Waals surface area contributed by atoms with Gasteiger partial charge in [-0.05, 0) is 12.8 Å². The van der Waals surface area contributed by atoms with Crippen molar-refractivity contribution < 1.29 is 13.0 Å². The van der Waals surface area contributed by atoms with Crippen LogP contribution in [0.2, 0.25) is 0 Å². The van der Waals surface area contributed by atoms with Crippen LogP contribution in [0.3, 0.4) is 0 Å². The summed E-state index contributed by atoms with van der Waals surface area (Å²) in [4.78, 5) is 0. The lowest BCUT2D eigenvalue weighted by Gasteiger charge is -2.10. The van der Waals surface area contributed by atoms with Gasteiger partial charge in [-0.15, -0.1) is 12.4 Å². The summed E-state index contributed by atoms with van der Waals surface area (Å²) in [7, 11) is -3.81. The van der Waals surface area contributed by atoms with E-state index in [4.69, 9.17) is 4.55 Å². The van der Waals surface area contributed by atoms with Gasteiger partial charge in [0.25, 0.3) is 10.1 Å². The highest BCUT2D eigenvalue weighted by molar-refractivity contribution is 7.86. The summed E-state index contributed by atoms with van der Waals surface area (Å²) in [6.45, 7) is 3.94. The van der Waals surface area contributed by atoms with E-state index in [1.165, 1.54) is 19.3 Å². The summed E-state index contributed by atoms with van der Waals surface area (Å²) >= 11 is 0. The van der Waals surface area contributed by atoms with Crippen LogP contribution in [0.5, 0.6) is 0 Å². The monoisotopic (exact) mass is 258 g/mol. The van der Waals surface area contributed by atoms with Crippen molar-refractivity contribution in [1.29, 1.82) is 0 Å². The van der Waals surface area contributed by atoms with E-state index in [1.807, 2.05) is 0 Å². The third-order valence-electron chi connectivity index (χ3n) is 2.51. The van der Waals surface area contributed by atoms with E-state index in [2.05, 4.69) is 6.92 Å². The highest BCUT2D eigenvalue weighted by Crippen LogP contribution is 2.14. The maximum Gasteiger partial charge on any atom is 0.267 e. The Morgan fingerprint density at radius 1 is 1.07 bits per heavy atom. The fraction of sp³-hybridized carbons (Fsp3) is 1.00. The molecule has 0 aliphatic carbocycles. The molecular formula is C10H23ClO3S. The van der Waals surface area contributed by atoms with E-state index in [1.54, 1.807) is 6.92 Å². The predicted octanol–water partition coefficient (Wildman–Crippen LogP) is 3.44. The molecule has 0 aromatic carbocycles. The molecule has 0 aliphatic heterocycles. The van der Waals surface area contributed by atoms with Crippen LogP contribution in [-0.4, -0.2) is 18.2 Å². The van der Waals surface area contributed by atoms with Crippen molar-refractivity contribution in [1.82, 2.24) is 0 Å². The molecule has 1 unspecified atom stereocenters. The van der Waals surface area contributed by atoms with Crippen molar-refractivity contribution >= 4 is 22.5 Å². The molecule has 0 spiro atoms. The van der Waals surface area contributed by atoms with Crippen molar-refractivity contribution in [3.63, 3.8) is 0 Å². The van der Waals surface area contributed by atoms with Gasteiger partial charge >= 0.3 is 0 Å². The van der Waals surface area contributed by atoms with Crippen molar-refractivity contribution in [3.05, 3.63) is 0 Å². The first-order valence-electron chi connectivity index (χ1n) is 5.48. The van der Waals surface area contributed by atoms with Gasteiger partial charge in [0.1, 0.15) is 0 Å². The van der Waals surface area contributed by atoms with Crippen molar-refractivity contribution in [2.45, 2.75) is 64.0 Å². The maximum atomic E-state index is 10.8. The minimum atomic E-state index is -3.81. The third-order valence-corrected chi connectivity index (χ3v) is 3.92. The SMILES string of the molecule is CCCCCCCC(CC)S(=O)(=O)O.Cl. The molecule has 0 heterocycles. The minimum Gasteiger partial charge on any atom is -0.285 e. The molecule has 1 N–H and O–H groups in total. The number of hydrogen-bond acceptors (Lipinski definition) is 2. The second-order valence-electron chi connectivity index (χ2n) is 3.75. The van der Waals surface area contributed by atoms with E-state index in [0.29, 0.717) is 12.8 Å². The number of halogens is 1. The van der Waals surface area contributed by atoms with Gasteiger partial charge < -0.3 is 0 Å². The minimum absolute atomic E-state index is 0. The van der Waals surface area contributed by atoms with E-state index in [0.717, 1.165) is 12.8 Å². The molecule has 0 fully saturated rings. The second kappa shape index (κ2) is 9.43. The van der Waals surface area contributed by atoms with Gasteiger partial charge in [0.05, 0.1) is 5.25 Å². The molecule has 0 aromatic rings. The zero-order valence-electron chi connectivity index (χ0n) is 9.61. The summed E-state index contributed by atoms with van der Waals surface area (Å²) < 4.78 is 30.5. The normalized spacial score (nSPS) is 13.3. The molecule has 0 amide bonds. The molecule has 0 radical (unpaired) electrons. The Bertz CT molecular complexity index is 227. The Morgan fingerprint density at radius 3 is 2.00 bits per heavy atom. The summed E-state index contributed by atoms with van der Waals surface area (Å²) in [5.41, 5.74) is 0. The molecule has 0 bridgehead atoms. The molecule has 0 rings (SSSR count). The van der Waals surface area contributed by atoms with Gasteiger partial charge in [0.2, 0.25) is 0 Å².